The van der Waals surface area contributed by atoms with Gasteiger partial charge in [0.1, 0.15) is 17.1 Å². The Balaban J connectivity index is 1.90. The summed E-state index contributed by atoms with van der Waals surface area (Å²) < 4.78 is 37.0. The van der Waals surface area contributed by atoms with Crippen LogP contribution in [-0.2, 0) is 21.2 Å². The zero-order valence-electron chi connectivity index (χ0n) is 17.3. The van der Waals surface area contributed by atoms with E-state index < -0.39 is 15.9 Å². The number of ether oxygens (including phenoxy) is 1. The molecule has 1 N–H and O–H groups in total. The topological polar surface area (TPSA) is 88.8 Å². The summed E-state index contributed by atoms with van der Waals surface area (Å²) in [4.78, 5) is 12.6. The Morgan fingerprint density at radius 3 is 2.60 bits per heavy atom. The highest BCUT2D eigenvalue weighted by Crippen LogP contribution is 2.29. The minimum Gasteiger partial charge on any atom is -0.495 e. The summed E-state index contributed by atoms with van der Waals surface area (Å²) in [6, 6.07) is 12.0. The van der Waals surface area contributed by atoms with E-state index in [1.54, 1.807) is 6.08 Å². The molecule has 0 fully saturated rings. The van der Waals surface area contributed by atoms with Gasteiger partial charge in [0.15, 0.2) is 0 Å². The van der Waals surface area contributed by atoms with Crippen LogP contribution < -0.4 is 10.1 Å². The molecule has 3 rings (SSSR count). The van der Waals surface area contributed by atoms with E-state index in [0.29, 0.717) is 12.2 Å². The largest absolute Gasteiger partial charge is 0.495 e. The van der Waals surface area contributed by atoms with Gasteiger partial charge < -0.3 is 14.5 Å². The van der Waals surface area contributed by atoms with E-state index in [1.165, 1.54) is 45.5 Å². The number of rotatable bonds is 7. The number of furan rings is 1. The lowest BCUT2D eigenvalue weighted by Gasteiger charge is -2.14. The molecular weight excluding hydrogens is 404 g/mol. The van der Waals surface area contributed by atoms with Gasteiger partial charge in [-0.15, -0.1) is 0 Å². The van der Waals surface area contributed by atoms with Crippen LogP contribution in [0.5, 0.6) is 5.75 Å². The van der Waals surface area contributed by atoms with Crippen molar-refractivity contribution in [3.8, 4) is 5.75 Å². The summed E-state index contributed by atoms with van der Waals surface area (Å²) in [5.41, 5.74) is 1.87. The van der Waals surface area contributed by atoms with Gasteiger partial charge in [-0.1, -0.05) is 25.1 Å². The first-order valence-electron chi connectivity index (χ1n) is 9.38. The number of sulfonamides is 1. The molecule has 30 heavy (non-hydrogen) atoms. The van der Waals surface area contributed by atoms with E-state index >= 15 is 0 Å². The number of amides is 1. The van der Waals surface area contributed by atoms with E-state index in [1.807, 2.05) is 31.2 Å². The average Bonchev–Trinajstić information content (AvgIpc) is 3.09. The van der Waals surface area contributed by atoms with Gasteiger partial charge in [-0.2, -0.15) is 0 Å². The lowest BCUT2D eigenvalue weighted by Crippen LogP contribution is -2.22. The molecule has 1 aromatic heterocycles. The van der Waals surface area contributed by atoms with E-state index in [9.17, 15) is 13.2 Å². The third-order valence-electron chi connectivity index (χ3n) is 4.64. The Bertz CT molecular complexity index is 1210. The van der Waals surface area contributed by atoms with Crippen molar-refractivity contribution in [3.63, 3.8) is 0 Å². The number of methoxy groups -OCH3 is 1. The number of carbonyl (C=O) groups excluding carboxylic acids is 1. The second-order valence-electron chi connectivity index (χ2n) is 6.76. The predicted molar refractivity (Wildman–Crippen MR) is 117 cm³/mol. The van der Waals surface area contributed by atoms with Crippen LogP contribution in [0.3, 0.4) is 0 Å². The van der Waals surface area contributed by atoms with Crippen molar-refractivity contribution in [1.82, 2.24) is 4.31 Å². The third kappa shape index (κ3) is 4.24. The Kier molecular flexibility index (Phi) is 6.28. The van der Waals surface area contributed by atoms with Crippen molar-refractivity contribution in [2.24, 2.45) is 0 Å². The zero-order chi connectivity index (χ0) is 21.9. The summed E-state index contributed by atoms with van der Waals surface area (Å²) in [5, 5.41) is 3.62. The van der Waals surface area contributed by atoms with Gasteiger partial charge in [-0.3, -0.25) is 4.79 Å². The maximum absolute atomic E-state index is 12.6. The van der Waals surface area contributed by atoms with Crippen molar-refractivity contribution in [3.05, 3.63) is 59.9 Å². The molecule has 8 heteroatoms. The van der Waals surface area contributed by atoms with Gasteiger partial charge in [-0.05, 0) is 30.3 Å². The van der Waals surface area contributed by atoms with Gasteiger partial charge in [-0.25, -0.2) is 12.7 Å². The van der Waals surface area contributed by atoms with Crippen LogP contribution in [0.2, 0.25) is 0 Å². The van der Waals surface area contributed by atoms with Gasteiger partial charge in [0.2, 0.25) is 15.9 Å². The molecule has 1 heterocycles. The second-order valence-corrected chi connectivity index (χ2v) is 8.91. The second kappa shape index (κ2) is 8.73. The van der Waals surface area contributed by atoms with Gasteiger partial charge in [0.05, 0.1) is 17.7 Å². The fourth-order valence-electron chi connectivity index (χ4n) is 3.05. The van der Waals surface area contributed by atoms with Gasteiger partial charge in [0.25, 0.3) is 0 Å². The smallest absolute Gasteiger partial charge is 0.248 e. The number of carbonyl (C=O) groups is 1. The van der Waals surface area contributed by atoms with Crippen LogP contribution in [0.1, 0.15) is 18.2 Å². The maximum atomic E-state index is 12.6. The van der Waals surface area contributed by atoms with E-state index in [4.69, 9.17) is 9.15 Å². The molecule has 0 aliphatic rings. The molecule has 2 aromatic carbocycles. The molecule has 0 radical (unpaired) electrons. The van der Waals surface area contributed by atoms with Gasteiger partial charge >= 0.3 is 0 Å². The molecule has 0 spiro atoms. The highest BCUT2D eigenvalue weighted by Gasteiger charge is 2.19. The molecule has 1 amide bonds. The first-order valence-corrected chi connectivity index (χ1v) is 10.8. The summed E-state index contributed by atoms with van der Waals surface area (Å²) in [6.45, 7) is 1.98. The quantitative estimate of drug-likeness (QED) is 0.577. The lowest BCUT2D eigenvalue weighted by atomic mass is 10.1. The molecule has 0 unspecified atom stereocenters. The van der Waals surface area contributed by atoms with E-state index in [0.717, 1.165) is 26.6 Å². The number of nitrogens with zero attached hydrogens (tertiary/aromatic N) is 1. The fourth-order valence-corrected chi connectivity index (χ4v) is 3.98. The predicted octanol–water partition coefficient (Wildman–Crippen LogP) is 3.91. The van der Waals surface area contributed by atoms with Crippen LogP contribution in [0, 0.1) is 0 Å². The minimum atomic E-state index is -3.65. The number of hydrogen-bond acceptors (Lipinski definition) is 5. The first kappa shape index (κ1) is 21.6. The number of para-hydroxylation sites is 1. The molecule has 0 aliphatic carbocycles. The third-order valence-corrected chi connectivity index (χ3v) is 6.45. The Hall–Kier alpha value is -3.10. The molecule has 0 saturated heterocycles. The van der Waals surface area contributed by atoms with Crippen LogP contribution in [0.4, 0.5) is 5.69 Å². The summed E-state index contributed by atoms with van der Waals surface area (Å²) >= 11 is 0. The monoisotopic (exact) mass is 428 g/mol. The van der Waals surface area contributed by atoms with Crippen molar-refractivity contribution in [2.75, 3.05) is 26.5 Å². The fraction of sp³-hybridized carbons (Fsp3) is 0.227. The molecule has 0 saturated carbocycles. The van der Waals surface area contributed by atoms with Crippen LogP contribution >= 0.6 is 0 Å². The summed E-state index contributed by atoms with van der Waals surface area (Å²) in [7, 11) is 0.696. The normalized spacial score (nSPS) is 12.0. The first-order chi connectivity index (χ1) is 14.3. The Morgan fingerprint density at radius 2 is 1.93 bits per heavy atom. The molecule has 0 aliphatic heterocycles. The highest BCUT2D eigenvalue weighted by atomic mass is 32.2. The van der Waals surface area contributed by atoms with Crippen LogP contribution in [0.25, 0.3) is 17.0 Å². The van der Waals surface area contributed by atoms with Crippen LogP contribution in [-0.4, -0.2) is 39.8 Å². The minimum absolute atomic E-state index is 0.0571. The standard InChI is InChI=1S/C22H24N2O5S/c1-5-19-17(16-8-6-7-9-20(16)29-19)11-13-22(25)23-18-14-15(10-12-21(18)28-4)30(26,27)24(2)3/h6-14H,5H2,1-4H3,(H,23,25)/b13-11+. The Morgan fingerprint density at radius 1 is 1.20 bits per heavy atom. The van der Waals surface area contributed by atoms with Crippen molar-refractivity contribution >= 4 is 38.7 Å². The molecule has 0 atom stereocenters. The molecule has 7 nitrogen and oxygen atoms in total. The number of fused-ring (bicyclic) bond motifs is 1. The number of nitrogens with one attached hydrogen (secondary N) is 1. The number of aryl methyl sites for hydroxylation is 1. The van der Waals surface area contributed by atoms with Crippen LogP contribution in [0.15, 0.2) is 57.9 Å². The molecule has 3 aromatic rings. The zero-order valence-corrected chi connectivity index (χ0v) is 18.1. The summed E-state index contributed by atoms with van der Waals surface area (Å²) in [6.07, 6.45) is 3.78. The number of hydrogen-bond donors (Lipinski definition) is 1. The van der Waals surface area contributed by atoms with E-state index in [-0.39, 0.29) is 10.6 Å². The summed E-state index contributed by atoms with van der Waals surface area (Å²) in [5.74, 6) is 0.731. The number of benzene rings is 2. The Labute approximate surface area is 176 Å². The van der Waals surface area contributed by atoms with Crippen molar-refractivity contribution < 1.29 is 22.4 Å². The van der Waals surface area contributed by atoms with Crippen molar-refractivity contribution in [2.45, 2.75) is 18.2 Å². The van der Waals surface area contributed by atoms with Crippen molar-refractivity contribution in [1.29, 1.82) is 0 Å². The lowest BCUT2D eigenvalue weighted by molar-refractivity contribution is -0.111. The highest BCUT2D eigenvalue weighted by molar-refractivity contribution is 7.89. The van der Waals surface area contributed by atoms with Gasteiger partial charge in [0, 0.05) is 37.5 Å². The molecule has 158 valence electrons. The molecule has 0 bridgehead atoms. The SMILES string of the molecule is CCc1oc2ccccc2c1/C=C/C(=O)Nc1cc(S(=O)(=O)N(C)C)ccc1OC. The van der Waals surface area contributed by atoms with E-state index in [2.05, 4.69) is 5.32 Å². The molecular formula is C22H24N2O5S. The average molecular weight is 429 g/mol. The number of anilines is 1. The maximum Gasteiger partial charge on any atom is 0.248 e.